The number of carbonyl (C=O) groups is 3. The van der Waals surface area contributed by atoms with Crippen LogP contribution < -0.4 is 0 Å². The van der Waals surface area contributed by atoms with Gasteiger partial charge in [-0.2, -0.15) is 0 Å². The number of amides is 1. The minimum absolute atomic E-state index is 0.0436. The number of halogens is 2. The van der Waals surface area contributed by atoms with Crippen LogP contribution in [0.4, 0.5) is 8.78 Å². The van der Waals surface area contributed by atoms with Crippen LogP contribution in [-0.4, -0.2) is 28.4 Å². The quantitative estimate of drug-likeness (QED) is 0.623. The van der Waals surface area contributed by atoms with Crippen molar-refractivity contribution < 1.29 is 23.2 Å². The number of alkyl halides is 2. The molecule has 3 rings (SSSR count). The zero-order chi connectivity index (χ0) is 15.1. The SMILES string of the molecule is O=C1CCCC(N2Cc3c(csc3C(F)F)C2=O)C(=O)C1. The first-order chi connectivity index (χ1) is 9.99. The van der Waals surface area contributed by atoms with Gasteiger partial charge in [0.15, 0.2) is 5.78 Å². The van der Waals surface area contributed by atoms with Gasteiger partial charge in [-0.15, -0.1) is 11.3 Å². The summed E-state index contributed by atoms with van der Waals surface area (Å²) in [7, 11) is 0. The molecule has 1 fully saturated rings. The van der Waals surface area contributed by atoms with Crippen molar-refractivity contribution in [2.75, 3.05) is 0 Å². The first kappa shape index (κ1) is 14.3. The highest BCUT2D eigenvalue weighted by Crippen LogP contribution is 2.38. The molecule has 0 spiro atoms. The third-order valence-corrected chi connectivity index (χ3v) is 5.03. The first-order valence-electron chi connectivity index (χ1n) is 6.73. The van der Waals surface area contributed by atoms with Gasteiger partial charge in [0.25, 0.3) is 12.3 Å². The van der Waals surface area contributed by atoms with E-state index in [9.17, 15) is 23.2 Å². The van der Waals surface area contributed by atoms with Crippen molar-refractivity contribution in [1.82, 2.24) is 4.90 Å². The minimum atomic E-state index is -2.61. The highest BCUT2D eigenvalue weighted by Gasteiger charge is 2.40. The molecule has 1 amide bonds. The Balaban J connectivity index is 1.87. The predicted octanol–water partition coefficient (Wildman–Crippen LogP) is 2.72. The molecule has 1 aromatic heterocycles. The number of hydrogen-bond donors (Lipinski definition) is 0. The number of thiophene rings is 1. The lowest BCUT2D eigenvalue weighted by atomic mass is 10.1. The van der Waals surface area contributed by atoms with Gasteiger partial charge >= 0.3 is 0 Å². The van der Waals surface area contributed by atoms with Gasteiger partial charge < -0.3 is 4.90 Å². The van der Waals surface area contributed by atoms with Crippen LogP contribution in [0.3, 0.4) is 0 Å². The van der Waals surface area contributed by atoms with Crippen LogP contribution >= 0.6 is 11.3 Å². The first-order valence-corrected chi connectivity index (χ1v) is 7.60. The lowest BCUT2D eigenvalue weighted by Crippen LogP contribution is -2.41. The second-order valence-electron chi connectivity index (χ2n) is 5.32. The Kier molecular flexibility index (Phi) is 3.61. The number of nitrogens with zero attached hydrogens (tertiary/aromatic N) is 1. The van der Waals surface area contributed by atoms with Gasteiger partial charge in [-0.25, -0.2) is 8.78 Å². The number of ketones is 2. The van der Waals surface area contributed by atoms with E-state index in [1.54, 1.807) is 0 Å². The molecule has 1 aliphatic carbocycles. The molecule has 1 aromatic rings. The summed E-state index contributed by atoms with van der Waals surface area (Å²) in [4.78, 5) is 37.1. The monoisotopic (exact) mass is 313 g/mol. The molecule has 21 heavy (non-hydrogen) atoms. The third-order valence-electron chi connectivity index (χ3n) is 4.00. The van der Waals surface area contributed by atoms with E-state index in [1.165, 1.54) is 10.3 Å². The lowest BCUT2D eigenvalue weighted by Gasteiger charge is -2.25. The molecule has 7 heteroatoms. The Morgan fingerprint density at radius 1 is 1.29 bits per heavy atom. The molecule has 2 aliphatic rings. The van der Waals surface area contributed by atoms with Crippen molar-refractivity contribution >= 4 is 28.8 Å². The molecule has 0 saturated heterocycles. The summed E-state index contributed by atoms with van der Waals surface area (Å²) in [5.74, 6) is -0.768. The minimum Gasteiger partial charge on any atom is -0.324 e. The summed E-state index contributed by atoms with van der Waals surface area (Å²) in [6.07, 6.45) is -1.46. The molecule has 1 saturated carbocycles. The van der Waals surface area contributed by atoms with E-state index < -0.39 is 12.5 Å². The van der Waals surface area contributed by atoms with Gasteiger partial charge in [0.2, 0.25) is 0 Å². The molecular weight excluding hydrogens is 300 g/mol. The fourth-order valence-corrected chi connectivity index (χ4v) is 3.86. The molecule has 0 N–H and O–H groups in total. The number of Topliss-reactive ketones (excluding diaryl/α,β-unsaturated/α-hetero) is 2. The highest BCUT2D eigenvalue weighted by molar-refractivity contribution is 7.10. The van der Waals surface area contributed by atoms with E-state index in [2.05, 4.69) is 0 Å². The highest BCUT2D eigenvalue weighted by atomic mass is 32.1. The zero-order valence-corrected chi connectivity index (χ0v) is 11.9. The van der Waals surface area contributed by atoms with Crippen molar-refractivity contribution in [3.05, 3.63) is 21.4 Å². The Hall–Kier alpha value is -1.63. The average molecular weight is 313 g/mol. The van der Waals surface area contributed by atoms with Crippen LogP contribution in [0.25, 0.3) is 0 Å². The Morgan fingerprint density at radius 3 is 2.76 bits per heavy atom. The van der Waals surface area contributed by atoms with Crippen LogP contribution in [0.15, 0.2) is 5.38 Å². The summed E-state index contributed by atoms with van der Waals surface area (Å²) in [5.41, 5.74) is 0.613. The molecule has 4 nitrogen and oxygen atoms in total. The third kappa shape index (κ3) is 2.39. The summed E-state index contributed by atoms with van der Waals surface area (Å²) in [6, 6.07) is -0.660. The summed E-state index contributed by atoms with van der Waals surface area (Å²) in [5, 5.41) is 1.44. The summed E-state index contributed by atoms with van der Waals surface area (Å²) < 4.78 is 25.8. The van der Waals surface area contributed by atoms with Gasteiger partial charge in [0.05, 0.1) is 22.9 Å². The van der Waals surface area contributed by atoms with Gasteiger partial charge in [0.1, 0.15) is 5.78 Å². The molecule has 0 bridgehead atoms. The number of fused-ring (bicyclic) bond motifs is 1. The summed E-state index contributed by atoms with van der Waals surface area (Å²) >= 11 is 0.881. The van der Waals surface area contributed by atoms with Gasteiger partial charge in [0, 0.05) is 23.9 Å². The molecule has 2 heterocycles. The Labute approximate surface area is 123 Å². The normalized spacial score (nSPS) is 22.9. The van der Waals surface area contributed by atoms with Crippen molar-refractivity contribution in [3.8, 4) is 0 Å². The fraction of sp³-hybridized carbons (Fsp3) is 0.500. The Bertz CT molecular complexity index is 626. The second kappa shape index (κ2) is 5.29. The van der Waals surface area contributed by atoms with E-state index in [1.807, 2.05) is 0 Å². The number of hydrogen-bond acceptors (Lipinski definition) is 4. The number of carbonyl (C=O) groups excluding carboxylic acids is 3. The maximum Gasteiger partial charge on any atom is 0.273 e. The zero-order valence-electron chi connectivity index (χ0n) is 11.1. The van der Waals surface area contributed by atoms with Crippen molar-refractivity contribution in [1.29, 1.82) is 0 Å². The molecular formula is C14H13F2NO3S. The molecule has 0 aromatic carbocycles. The van der Waals surface area contributed by atoms with Crippen LogP contribution in [-0.2, 0) is 16.1 Å². The topological polar surface area (TPSA) is 54.5 Å². The van der Waals surface area contributed by atoms with E-state index in [-0.39, 0.29) is 40.9 Å². The van der Waals surface area contributed by atoms with Gasteiger partial charge in [-0.05, 0) is 12.8 Å². The van der Waals surface area contributed by atoms with E-state index >= 15 is 0 Å². The Morgan fingerprint density at radius 2 is 2.05 bits per heavy atom. The largest absolute Gasteiger partial charge is 0.324 e. The van der Waals surface area contributed by atoms with Crippen LogP contribution in [0.2, 0.25) is 0 Å². The fourth-order valence-electron chi connectivity index (χ4n) is 2.96. The number of rotatable bonds is 2. The lowest BCUT2D eigenvalue weighted by molar-refractivity contribution is -0.128. The summed E-state index contributed by atoms with van der Waals surface area (Å²) in [6.45, 7) is 0.0436. The molecule has 112 valence electrons. The van der Waals surface area contributed by atoms with Crippen LogP contribution in [0.1, 0.15) is 52.9 Å². The van der Waals surface area contributed by atoms with Gasteiger partial charge in [-0.1, -0.05) is 0 Å². The van der Waals surface area contributed by atoms with E-state index in [0.717, 1.165) is 11.3 Å². The van der Waals surface area contributed by atoms with Crippen molar-refractivity contribution in [2.45, 2.75) is 44.7 Å². The smallest absolute Gasteiger partial charge is 0.273 e. The van der Waals surface area contributed by atoms with E-state index in [0.29, 0.717) is 24.8 Å². The van der Waals surface area contributed by atoms with Crippen molar-refractivity contribution in [3.63, 3.8) is 0 Å². The second-order valence-corrected chi connectivity index (χ2v) is 6.23. The predicted molar refractivity (Wildman–Crippen MR) is 71.4 cm³/mol. The van der Waals surface area contributed by atoms with E-state index in [4.69, 9.17) is 0 Å². The average Bonchev–Trinajstić information content (AvgIpc) is 2.90. The van der Waals surface area contributed by atoms with Crippen LogP contribution in [0, 0.1) is 0 Å². The molecule has 0 radical (unpaired) electrons. The molecule has 1 aliphatic heterocycles. The maximum atomic E-state index is 12.9. The van der Waals surface area contributed by atoms with Crippen LogP contribution in [0.5, 0.6) is 0 Å². The van der Waals surface area contributed by atoms with Crippen molar-refractivity contribution in [2.24, 2.45) is 0 Å². The maximum absolute atomic E-state index is 12.9. The van der Waals surface area contributed by atoms with Gasteiger partial charge in [-0.3, -0.25) is 14.4 Å². The standard InChI is InChI=1S/C14H13F2NO3S/c15-13(16)12-8-5-17(14(20)9(8)6-21-12)10-3-1-2-7(18)4-11(10)19/h6,10,13H,1-5H2. The molecule has 1 atom stereocenters. The molecule has 1 unspecified atom stereocenters.